The summed E-state index contributed by atoms with van der Waals surface area (Å²) in [5.41, 5.74) is 5.90. The summed E-state index contributed by atoms with van der Waals surface area (Å²) < 4.78 is 31.7. The van der Waals surface area contributed by atoms with Gasteiger partial charge < -0.3 is 10.5 Å². The van der Waals surface area contributed by atoms with Crippen molar-refractivity contribution in [2.75, 3.05) is 25.9 Å². The first-order valence-electron chi connectivity index (χ1n) is 6.15. The molecule has 2 N–H and O–H groups in total. The highest BCUT2D eigenvalue weighted by Crippen LogP contribution is 2.33. The first-order chi connectivity index (χ1) is 9.32. The van der Waals surface area contributed by atoms with Gasteiger partial charge in [-0.1, -0.05) is 23.2 Å². The quantitative estimate of drug-likeness (QED) is 0.855. The molecule has 1 aromatic rings. The molecule has 0 spiro atoms. The summed E-state index contributed by atoms with van der Waals surface area (Å²) in [7, 11) is -2.28. The van der Waals surface area contributed by atoms with Crippen molar-refractivity contribution >= 4 is 38.9 Å². The molecule has 0 saturated carbocycles. The lowest BCUT2D eigenvalue weighted by Crippen LogP contribution is -2.34. The topological polar surface area (TPSA) is 72.6 Å². The van der Waals surface area contributed by atoms with Crippen molar-refractivity contribution in [3.63, 3.8) is 0 Å². The summed E-state index contributed by atoms with van der Waals surface area (Å²) in [5.74, 6) is 0. The molecular weight excluding hydrogens is 323 g/mol. The SMILES string of the molecule is CN(CC1CCCO1)S(=O)(=O)c1c(Cl)cc(N)cc1Cl. The maximum atomic E-state index is 12.5. The number of ether oxygens (including phenoxy) is 1. The van der Waals surface area contributed by atoms with Gasteiger partial charge in [0.1, 0.15) is 4.90 Å². The zero-order chi connectivity index (χ0) is 14.9. The number of halogens is 2. The molecule has 1 aliphatic heterocycles. The van der Waals surface area contributed by atoms with Crippen molar-refractivity contribution in [1.29, 1.82) is 0 Å². The Kier molecular flexibility index (Phi) is 4.81. The summed E-state index contributed by atoms with van der Waals surface area (Å²) >= 11 is 12.0. The lowest BCUT2D eigenvalue weighted by molar-refractivity contribution is 0.0979. The highest BCUT2D eigenvalue weighted by Gasteiger charge is 2.29. The summed E-state index contributed by atoms with van der Waals surface area (Å²) in [6.07, 6.45) is 1.71. The number of likely N-dealkylation sites (N-methyl/N-ethyl adjacent to an activating group) is 1. The highest BCUT2D eigenvalue weighted by molar-refractivity contribution is 7.89. The molecule has 0 aromatic heterocycles. The fourth-order valence-electron chi connectivity index (χ4n) is 2.15. The number of hydrogen-bond donors (Lipinski definition) is 1. The molecule has 0 radical (unpaired) electrons. The third-order valence-electron chi connectivity index (χ3n) is 3.17. The normalized spacial score (nSPS) is 19.7. The molecule has 8 heteroatoms. The molecule has 20 heavy (non-hydrogen) atoms. The monoisotopic (exact) mass is 338 g/mol. The predicted octanol–water partition coefficient (Wildman–Crippen LogP) is 2.38. The molecule has 0 amide bonds. The minimum atomic E-state index is -3.77. The maximum Gasteiger partial charge on any atom is 0.245 e. The molecule has 1 saturated heterocycles. The molecule has 1 unspecified atom stereocenters. The molecule has 1 atom stereocenters. The van der Waals surface area contributed by atoms with E-state index in [1.165, 1.54) is 23.5 Å². The van der Waals surface area contributed by atoms with E-state index in [9.17, 15) is 8.42 Å². The van der Waals surface area contributed by atoms with Gasteiger partial charge in [-0.05, 0) is 25.0 Å². The first-order valence-corrected chi connectivity index (χ1v) is 8.34. The molecule has 1 fully saturated rings. The van der Waals surface area contributed by atoms with Crippen LogP contribution in [-0.4, -0.2) is 39.0 Å². The van der Waals surface area contributed by atoms with E-state index in [2.05, 4.69) is 0 Å². The van der Waals surface area contributed by atoms with E-state index < -0.39 is 10.0 Å². The average molecular weight is 339 g/mol. The van der Waals surface area contributed by atoms with Crippen LogP contribution in [0.15, 0.2) is 17.0 Å². The Morgan fingerprint density at radius 1 is 1.40 bits per heavy atom. The van der Waals surface area contributed by atoms with Crippen LogP contribution in [0.2, 0.25) is 10.0 Å². The van der Waals surface area contributed by atoms with Gasteiger partial charge in [0.05, 0.1) is 16.1 Å². The van der Waals surface area contributed by atoms with Gasteiger partial charge in [0.2, 0.25) is 10.0 Å². The molecular formula is C12H16Cl2N2O3S. The number of nitrogens with two attached hydrogens (primary N) is 1. The summed E-state index contributed by atoms with van der Waals surface area (Å²) in [5, 5.41) is 0.0448. The average Bonchev–Trinajstić information content (AvgIpc) is 2.79. The van der Waals surface area contributed by atoms with Crippen LogP contribution in [0.25, 0.3) is 0 Å². The fourth-order valence-corrected chi connectivity index (χ4v) is 4.53. The summed E-state index contributed by atoms with van der Waals surface area (Å²) in [4.78, 5) is -0.115. The number of rotatable bonds is 4. The minimum Gasteiger partial charge on any atom is -0.399 e. The van der Waals surface area contributed by atoms with Crippen molar-refractivity contribution in [1.82, 2.24) is 4.31 Å². The van der Waals surface area contributed by atoms with E-state index in [1.54, 1.807) is 0 Å². The van der Waals surface area contributed by atoms with E-state index in [-0.39, 0.29) is 27.6 Å². The van der Waals surface area contributed by atoms with Crippen LogP contribution in [0.3, 0.4) is 0 Å². The van der Waals surface area contributed by atoms with Crippen molar-refractivity contribution in [2.45, 2.75) is 23.8 Å². The molecule has 2 rings (SSSR count). The maximum absolute atomic E-state index is 12.5. The van der Waals surface area contributed by atoms with Crippen molar-refractivity contribution < 1.29 is 13.2 Å². The van der Waals surface area contributed by atoms with Crippen LogP contribution in [0.1, 0.15) is 12.8 Å². The van der Waals surface area contributed by atoms with Crippen molar-refractivity contribution in [3.05, 3.63) is 22.2 Å². The Labute approximate surface area is 128 Å². The Balaban J connectivity index is 2.29. The van der Waals surface area contributed by atoms with Crippen LogP contribution >= 0.6 is 23.2 Å². The van der Waals surface area contributed by atoms with E-state index >= 15 is 0 Å². The number of nitrogen functional groups attached to an aromatic ring is 1. The van der Waals surface area contributed by atoms with Crippen LogP contribution in [0.4, 0.5) is 5.69 Å². The van der Waals surface area contributed by atoms with Gasteiger partial charge in [-0.25, -0.2) is 8.42 Å². The minimum absolute atomic E-state index is 0.0224. The molecule has 1 aliphatic rings. The molecule has 1 aromatic carbocycles. The molecule has 0 aliphatic carbocycles. The second-order valence-corrected chi connectivity index (χ2v) is 7.53. The highest BCUT2D eigenvalue weighted by atomic mass is 35.5. The lowest BCUT2D eigenvalue weighted by atomic mass is 10.2. The van der Waals surface area contributed by atoms with Gasteiger partial charge in [0.15, 0.2) is 0 Å². The Morgan fingerprint density at radius 3 is 2.50 bits per heavy atom. The molecule has 112 valence electrons. The predicted molar refractivity (Wildman–Crippen MR) is 79.7 cm³/mol. The van der Waals surface area contributed by atoms with E-state index in [1.807, 2.05) is 0 Å². The zero-order valence-electron chi connectivity index (χ0n) is 11.0. The largest absolute Gasteiger partial charge is 0.399 e. The van der Waals surface area contributed by atoms with Gasteiger partial charge in [0.25, 0.3) is 0 Å². The van der Waals surface area contributed by atoms with Gasteiger partial charge >= 0.3 is 0 Å². The third kappa shape index (κ3) is 3.20. The van der Waals surface area contributed by atoms with Gasteiger partial charge in [0, 0.05) is 25.9 Å². The van der Waals surface area contributed by atoms with Crippen LogP contribution in [-0.2, 0) is 14.8 Å². The Morgan fingerprint density at radius 2 is 2.00 bits per heavy atom. The molecule has 0 bridgehead atoms. The zero-order valence-corrected chi connectivity index (χ0v) is 13.3. The first kappa shape index (κ1) is 15.9. The second kappa shape index (κ2) is 6.07. The van der Waals surface area contributed by atoms with Gasteiger partial charge in [-0.15, -0.1) is 0 Å². The standard InChI is InChI=1S/C12H16Cl2N2O3S/c1-16(7-9-3-2-4-19-9)20(17,18)12-10(13)5-8(15)6-11(12)14/h5-6,9H,2-4,7,15H2,1H3. The second-order valence-electron chi connectivity index (χ2n) is 4.73. The van der Waals surface area contributed by atoms with Crippen LogP contribution in [0.5, 0.6) is 0 Å². The lowest BCUT2D eigenvalue weighted by Gasteiger charge is -2.21. The smallest absolute Gasteiger partial charge is 0.245 e. The fraction of sp³-hybridized carbons (Fsp3) is 0.500. The van der Waals surface area contributed by atoms with E-state index in [4.69, 9.17) is 33.7 Å². The summed E-state index contributed by atoms with van der Waals surface area (Å²) in [6, 6.07) is 2.75. The van der Waals surface area contributed by atoms with Crippen molar-refractivity contribution in [2.24, 2.45) is 0 Å². The Bertz CT molecular complexity index is 578. The molecule has 1 heterocycles. The van der Waals surface area contributed by atoms with E-state index in [0.717, 1.165) is 12.8 Å². The van der Waals surface area contributed by atoms with Crippen LogP contribution < -0.4 is 5.73 Å². The number of anilines is 1. The number of hydrogen-bond acceptors (Lipinski definition) is 4. The number of nitrogens with zero attached hydrogens (tertiary/aromatic N) is 1. The Hall–Kier alpha value is -0.530. The van der Waals surface area contributed by atoms with E-state index in [0.29, 0.717) is 12.3 Å². The van der Waals surface area contributed by atoms with Gasteiger partial charge in [-0.3, -0.25) is 0 Å². The number of sulfonamides is 1. The molecule has 5 nitrogen and oxygen atoms in total. The number of benzene rings is 1. The van der Waals surface area contributed by atoms with Crippen molar-refractivity contribution in [3.8, 4) is 0 Å². The summed E-state index contributed by atoms with van der Waals surface area (Å²) in [6.45, 7) is 0.946. The third-order valence-corrected chi connectivity index (χ3v) is 5.92. The van der Waals surface area contributed by atoms with Crippen LogP contribution in [0, 0.1) is 0 Å². The van der Waals surface area contributed by atoms with Gasteiger partial charge in [-0.2, -0.15) is 4.31 Å².